The average molecular weight is 220 g/mol. The lowest BCUT2D eigenvalue weighted by molar-refractivity contribution is 0.503. The van der Waals surface area contributed by atoms with Crippen LogP contribution >= 0.6 is 11.6 Å². The van der Waals surface area contributed by atoms with E-state index in [4.69, 9.17) is 11.6 Å². The van der Waals surface area contributed by atoms with Crippen LogP contribution in [0.25, 0.3) is 0 Å². The molecule has 4 nitrogen and oxygen atoms in total. The number of benzene rings is 1. The summed E-state index contributed by atoms with van der Waals surface area (Å²) < 4.78 is 28.8. The van der Waals surface area contributed by atoms with Gasteiger partial charge in [-0.3, -0.25) is 0 Å². The minimum atomic E-state index is -3.65. The van der Waals surface area contributed by atoms with E-state index in [-0.39, 0.29) is 5.75 Å². The molecule has 1 aliphatic rings. The molecule has 0 spiro atoms. The molecule has 0 fully saturated rings. The molecule has 0 atom stereocenters. The van der Waals surface area contributed by atoms with E-state index in [1.165, 1.54) is 6.07 Å². The summed E-state index contributed by atoms with van der Waals surface area (Å²) in [6.07, 6.45) is 0. The van der Waals surface area contributed by atoms with Crippen molar-refractivity contribution in [2.45, 2.75) is 6.92 Å². The Morgan fingerprint density at radius 2 is 2.15 bits per heavy atom. The molecule has 70 valence electrons. The Morgan fingerprint density at radius 1 is 1.46 bits per heavy atom. The van der Waals surface area contributed by atoms with Crippen molar-refractivity contribution in [1.82, 2.24) is 0 Å². The zero-order valence-electron chi connectivity index (χ0n) is 6.67. The lowest BCUT2D eigenvalue weighted by atomic mass is 10.2. The third-order valence-corrected chi connectivity index (χ3v) is 2.76. The number of anilines is 1. The van der Waals surface area contributed by atoms with Crippen molar-refractivity contribution in [2.24, 2.45) is 0 Å². The van der Waals surface area contributed by atoms with Gasteiger partial charge in [0.2, 0.25) is 0 Å². The zero-order chi connectivity index (χ0) is 9.64. The molecule has 0 bridgehead atoms. The second-order valence-electron chi connectivity index (χ2n) is 2.74. The summed E-state index contributed by atoms with van der Waals surface area (Å²) in [5.74, 6) is 0.255. The number of fused-ring (bicyclic) bond motifs is 1. The Labute approximate surface area is 80.7 Å². The fourth-order valence-electron chi connectivity index (χ4n) is 1.17. The Kier molecular flexibility index (Phi) is 1.68. The molecule has 0 aliphatic carbocycles. The summed E-state index contributed by atoms with van der Waals surface area (Å²) in [6, 6.07) is 3.12. The Balaban J connectivity index is 2.64. The highest BCUT2D eigenvalue weighted by molar-refractivity contribution is 7.88. The lowest BCUT2D eigenvalue weighted by Crippen LogP contribution is -2.10. The van der Waals surface area contributed by atoms with Gasteiger partial charge in [0.05, 0.1) is 5.69 Å². The molecule has 1 N–H and O–H groups in total. The van der Waals surface area contributed by atoms with Gasteiger partial charge in [-0.15, -0.1) is 0 Å². The molecule has 1 aromatic carbocycles. The second kappa shape index (κ2) is 2.52. The molecule has 6 heteroatoms. The second-order valence-corrected chi connectivity index (χ2v) is 4.45. The third kappa shape index (κ3) is 1.45. The van der Waals surface area contributed by atoms with Gasteiger partial charge in [0.1, 0.15) is 0 Å². The van der Waals surface area contributed by atoms with Crippen LogP contribution in [0.3, 0.4) is 0 Å². The smallest absolute Gasteiger partial charge is 0.365 e. The number of rotatable bonds is 0. The van der Waals surface area contributed by atoms with Crippen LogP contribution in [0, 0.1) is 6.92 Å². The first kappa shape index (κ1) is 8.65. The molecule has 1 aliphatic heterocycles. The van der Waals surface area contributed by atoms with Crippen molar-refractivity contribution in [1.29, 1.82) is 0 Å². The topological polar surface area (TPSA) is 55.4 Å². The molecule has 0 amide bonds. The molecule has 1 aromatic rings. The van der Waals surface area contributed by atoms with Crippen LogP contribution in [-0.2, 0) is 10.3 Å². The normalized spacial score (nSPS) is 17.4. The number of halogens is 1. The first-order valence-electron chi connectivity index (χ1n) is 3.50. The number of nitrogens with one attached hydrogen (secondary N) is 1. The largest absolute Gasteiger partial charge is 0.407 e. The van der Waals surface area contributed by atoms with Crippen LogP contribution in [0.4, 0.5) is 5.69 Å². The molecule has 0 aromatic heterocycles. The van der Waals surface area contributed by atoms with Gasteiger partial charge in [-0.25, -0.2) is 4.72 Å². The minimum absolute atomic E-state index is 0.255. The van der Waals surface area contributed by atoms with Gasteiger partial charge in [0.15, 0.2) is 5.75 Å². The highest BCUT2D eigenvalue weighted by Gasteiger charge is 2.26. The average Bonchev–Trinajstić information content (AvgIpc) is 2.23. The Hall–Kier alpha value is -0.940. The van der Waals surface area contributed by atoms with Crippen LogP contribution in [0.2, 0.25) is 5.02 Å². The molecule has 13 heavy (non-hydrogen) atoms. The van der Waals surface area contributed by atoms with E-state index in [2.05, 4.69) is 8.91 Å². The van der Waals surface area contributed by atoms with Crippen LogP contribution in [-0.4, -0.2) is 8.42 Å². The van der Waals surface area contributed by atoms with Crippen molar-refractivity contribution in [3.05, 3.63) is 22.7 Å². The van der Waals surface area contributed by atoms with E-state index in [0.29, 0.717) is 10.7 Å². The Morgan fingerprint density at radius 3 is 2.85 bits per heavy atom. The standard InChI is InChI=1S/C7H6ClNO3S/c1-4-2-5(8)3-6-7(4)9-13(10,11)12-6/h2-3,9H,1H3. The maximum Gasteiger partial charge on any atom is 0.407 e. The van der Waals surface area contributed by atoms with Crippen molar-refractivity contribution in [2.75, 3.05) is 4.72 Å². The minimum Gasteiger partial charge on any atom is -0.365 e. The van der Waals surface area contributed by atoms with Crippen LogP contribution < -0.4 is 8.91 Å². The molecular weight excluding hydrogens is 214 g/mol. The van der Waals surface area contributed by atoms with E-state index in [0.717, 1.165) is 5.56 Å². The van der Waals surface area contributed by atoms with E-state index < -0.39 is 10.3 Å². The predicted octanol–water partition coefficient (Wildman–Crippen LogP) is 1.70. The maximum atomic E-state index is 11.0. The molecular formula is C7H6ClNO3S. The molecule has 0 radical (unpaired) electrons. The van der Waals surface area contributed by atoms with E-state index in [9.17, 15) is 8.42 Å². The van der Waals surface area contributed by atoms with Crippen molar-refractivity contribution < 1.29 is 12.6 Å². The highest BCUT2D eigenvalue weighted by atomic mass is 35.5. The van der Waals surface area contributed by atoms with Gasteiger partial charge >= 0.3 is 10.3 Å². The lowest BCUT2D eigenvalue weighted by Gasteiger charge is -1.99. The SMILES string of the molecule is Cc1cc(Cl)cc2c1NS(=O)(=O)O2. The van der Waals surface area contributed by atoms with E-state index in [1.54, 1.807) is 13.0 Å². The Bertz CT molecular complexity index is 469. The summed E-state index contributed by atoms with van der Waals surface area (Å²) >= 11 is 5.72. The summed E-state index contributed by atoms with van der Waals surface area (Å²) in [6.45, 7) is 1.75. The molecule has 0 saturated heterocycles. The van der Waals surface area contributed by atoms with Gasteiger partial charge in [-0.2, -0.15) is 8.42 Å². The van der Waals surface area contributed by atoms with Gasteiger partial charge in [-0.1, -0.05) is 11.6 Å². The molecule has 0 saturated carbocycles. The van der Waals surface area contributed by atoms with Crippen molar-refractivity contribution in [3.8, 4) is 5.75 Å². The van der Waals surface area contributed by atoms with Crippen LogP contribution in [0.1, 0.15) is 5.56 Å². The quantitative estimate of drug-likeness (QED) is 0.723. The number of hydrogen-bond acceptors (Lipinski definition) is 3. The molecule has 1 heterocycles. The highest BCUT2D eigenvalue weighted by Crippen LogP contribution is 2.37. The summed E-state index contributed by atoms with van der Waals surface area (Å²) in [5.41, 5.74) is 1.20. The van der Waals surface area contributed by atoms with Gasteiger partial charge < -0.3 is 4.18 Å². The monoisotopic (exact) mass is 219 g/mol. The summed E-state index contributed by atoms with van der Waals surface area (Å²) in [5, 5.41) is 0.454. The van der Waals surface area contributed by atoms with Gasteiger partial charge in [0.25, 0.3) is 0 Å². The molecule has 2 rings (SSSR count). The summed E-state index contributed by atoms with van der Waals surface area (Å²) in [7, 11) is -3.65. The molecule has 0 unspecified atom stereocenters. The first-order valence-corrected chi connectivity index (χ1v) is 5.29. The third-order valence-electron chi connectivity index (χ3n) is 1.69. The number of hydrogen-bond donors (Lipinski definition) is 1. The van der Waals surface area contributed by atoms with Crippen molar-refractivity contribution >= 4 is 27.6 Å². The first-order chi connectivity index (χ1) is 5.98. The number of aryl methyl sites for hydroxylation is 1. The van der Waals surface area contributed by atoms with Gasteiger partial charge in [-0.05, 0) is 18.6 Å². The zero-order valence-corrected chi connectivity index (χ0v) is 8.24. The summed E-state index contributed by atoms with van der Waals surface area (Å²) in [4.78, 5) is 0. The van der Waals surface area contributed by atoms with E-state index >= 15 is 0 Å². The predicted molar refractivity (Wildman–Crippen MR) is 49.4 cm³/mol. The fraction of sp³-hybridized carbons (Fsp3) is 0.143. The van der Waals surface area contributed by atoms with Crippen LogP contribution in [0.5, 0.6) is 5.75 Å². The van der Waals surface area contributed by atoms with E-state index in [1.807, 2.05) is 0 Å². The van der Waals surface area contributed by atoms with Crippen LogP contribution in [0.15, 0.2) is 12.1 Å². The van der Waals surface area contributed by atoms with Crippen molar-refractivity contribution in [3.63, 3.8) is 0 Å². The van der Waals surface area contributed by atoms with Gasteiger partial charge in [0, 0.05) is 11.1 Å². The maximum absolute atomic E-state index is 11.0. The fourth-order valence-corrected chi connectivity index (χ4v) is 2.36.